The van der Waals surface area contributed by atoms with Gasteiger partial charge >= 0.3 is 0 Å². The summed E-state index contributed by atoms with van der Waals surface area (Å²) in [7, 11) is 2.01. The van der Waals surface area contributed by atoms with Crippen LogP contribution in [0.2, 0.25) is 0 Å². The molecule has 1 aromatic rings. The largest absolute Gasteiger partial charge is 0.389 e. The van der Waals surface area contributed by atoms with E-state index >= 15 is 0 Å². The normalized spacial score (nSPS) is 12.3. The molecule has 1 rings (SSSR count). The van der Waals surface area contributed by atoms with E-state index in [0.29, 0.717) is 11.0 Å². The number of thiocarbonyl (C=S) groups is 1. The second-order valence-corrected chi connectivity index (χ2v) is 5.16. The molecule has 1 heterocycles. The van der Waals surface area contributed by atoms with Crippen molar-refractivity contribution in [1.82, 2.24) is 10.2 Å². The lowest BCUT2D eigenvalue weighted by Gasteiger charge is -2.27. The maximum Gasteiger partial charge on any atom is 0.161 e. The Morgan fingerprint density at radius 2 is 2.00 bits per heavy atom. The number of aryl methyl sites for hydroxylation is 1. The third kappa shape index (κ3) is 2.96. The quantitative estimate of drug-likeness (QED) is 0.829. The van der Waals surface area contributed by atoms with Gasteiger partial charge in [-0.1, -0.05) is 25.6 Å². The Hall–Kier alpha value is -1.23. The van der Waals surface area contributed by atoms with E-state index in [0.717, 1.165) is 35.5 Å². The lowest BCUT2D eigenvalue weighted by molar-refractivity contribution is 0.607. The molecular weight excluding hydrogens is 244 g/mol. The molecule has 0 aliphatic carbocycles. The first kappa shape index (κ1) is 14.8. The molecule has 0 bridgehead atoms. The molecule has 1 aromatic heterocycles. The Labute approximate surface area is 115 Å². The van der Waals surface area contributed by atoms with E-state index in [2.05, 4.69) is 28.9 Å². The van der Waals surface area contributed by atoms with Gasteiger partial charge in [-0.3, -0.25) is 0 Å². The fourth-order valence-corrected chi connectivity index (χ4v) is 2.20. The highest BCUT2D eigenvalue weighted by atomic mass is 32.1. The fraction of sp³-hybridized carbons (Fsp3) is 0.615. The molecule has 0 aliphatic heterocycles. The molecule has 0 spiro atoms. The average molecular weight is 266 g/mol. The summed E-state index contributed by atoms with van der Waals surface area (Å²) in [5.41, 5.74) is 8.57. The van der Waals surface area contributed by atoms with Crippen LogP contribution in [0.15, 0.2) is 0 Å². The molecule has 0 saturated carbocycles. The van der Waals surface area contributed by atoms with Crippen LogP contribution in [0.1, 0.15) is 43.5 Å². The van der Waals surface area contributed by atoms with Crippen LogP contribution in [-0.2, 0) is 0 Å². The van der Waals surface area contributed by atoms with Gasteiger partial charge in [-0.15, -0.1) is 5.10 Å². The van der Waals surface area contributed by atoms with Crippen LogP contribution in [0.4, 0.5) is 5.82 Å². The van der Waals surface area contributed by atoms with Crippen LogP contribution in [0.3, 0.4) is 0 Å². The summed E-state index contributed by atoms with van der Waals surface area (Å²) in [6, 6.07) is 0.388. The summed E-state index contributed by atoms with van der Waals surface area (Å²) in [6.45, 7) is 8.25. The number of nitrogens with zero attached hydrogens (tertiary/aromatic N) is 3. The molecule has 0 saturated heterocycles. The average Bonchev–Trinajstić information content (AvgIpc) is 2.31. The van der Waals surface area contributed by atoms with Crippen molar-refractivity contribution in [3.63, 3.8) is 0 Å². The van der Waals surface area contributed by atoms with Gasteiger partial charge in [0.1, 0.15) is 4.99 Å². The number of hydrogen-bond donors (Lipinski definition) is 1. The van der Waals surface area contributed by atoms with Crippen LogP contribution in [0, 0.1) is 13.8 Å². The van der Waals surface area contributed by atoms with Gasteiger partial charge in [0, 0.05) is 13.1 Å². The standard InChI is InChI=1S/C13H22N4S/c1-6-7-8(2)17(5)13-11(12(14)18)9(3)10(4)15-16-13/h8H,6-7H2,1-5H3,(H2,14,18). The van der Waals surface area contributed by atoms with Crippen molar-refractivity contribution in [3.8, 4) is 0 Å². The molecular formula is C13H22N4S. The molecule has 0 aliphatic rings. The smallest absolute Gasteiger partial charge is 0.161 e. The van der Waals surface area contributed by atoms with Gasteiger partial charge in [0.25, 0.3) is 0 Å². The summed E-state index contributed by atoms with van der Waals surface area (Å²) in [4.78, 5) is 2.49. The van der Waals surface area contributed by atoms with Crippen LogP contribution in [-0.4, -0.2) is 28.3 Å². The molecule has 0 amide bonds. The first-order valence-electron chi connectivity index (χ1n) is 6.26. The summed E-state index contributed by atoms with van der Waals surface area (Å²) in [5, 5.41) is 8.45. The summed E-state index contributed by atoms with van der Waals surface area (Å²) < 4.78 is 0. The monoisotopic (exact) mass is 266 g/mol. The molecule has 5 heteroatoms. The highest BCUT2D eigenvalue weighted by Gasteiger charge is 2.19. The molecule has 0 fully saturated rings. The second-order valence-electron chi connectivity index (χ2n) is 4.72. The number of nitrogens with two attached hydrogens (primary N) is 1. The third-order valence-corrected chi connectivity index (χ3v) is 3.59. The van der Waals surface area contributed by atoms with E-state index < -0.39 is 0 Å². The maximum absolute atomic E-state index is 5.83. The Morgan fingerprint density at radius 3 is 2.50 bits per heavy atom. The first-order valence-corrected chi connectivity index (χ1v) is 6.67. The molecule has 1 unspecified atom stereocenters. The highest BCUT2D eigenvalue weighted by molar-refractivity contribution is 7.80. The van der Waals surface area contributed by atoms with E-state index in [1.807, 2.05) is 20.9 Å². The predicted molar refractivity (Wildman–Crippen MR) is 80.2 cm³/mol. The molecule has 1 atom stereocenters. The Bertz CT molecular complexity index is 445. The van der Waals surface area contributed by atoms with Crippen molar-refractivity contribution in [2.24, 2.45) is 5.73 Å². The molecule has 18 heavy (non-hydrogen) atoms. The van der Waals surface area contributed by atoms with Crippen molar-refractivity contribution in [2.75, 3.05) is 11.9 Å². The first-order chi connectivity index (χ1) is 8.40. The Morgan fingerprint density at radius 1 is 1.39 bits per heavy atom. The Balaban J connectivity index is 3.24. The van der Waals surface area contributed by atoms with E-state index in [1.165, 1.54) is 0 Å². The van der Waals surface area contributed by atoms with Gasteiger partial charge in [-0.05, 0) is 32.8 Å². The van der Waals surface area contributed by atoms with Gasteiger partial charge in [0.15, 0.2) is 5.82 Å². The number of rotatable bonds is 5. The fourth-order valence-electron chi connectivity index (χ4n) is 1.96. The van der Waals surface area contributed by atoms with Crippen molar-refractivity contribution in [2.45, 2.75) is 46.6 Å². The van der Waals surface area contributed by atoms with Crippen LogP contribution in [0.25, 0.3) is 0 Å². The van der Waals surface area contributed by atoms with E-state index in [9.17, 15) is 0 Å². The van der Waals surface area contributed by atoms with Gasteiger partial charge in [0.05, 0.1) is 11.3 Å². The minimum Gasteiger partial charge on any atom is -0.389 e. The minimum atomic E-state index is 0.385. The van der Waals surface area contributed by atoms with Gasteiger partial charge in [-0.2, -0.15) is 5.10 Å². The molecule has 4 nitrogen and oxygen atoms in total. The van der Waals surface area contributed by atoms with Crippen molar-refractivity contribution in [3.05, 3.63) is 16.8 Å². The molecule has 2 N–H and O–H groups in total. The van der Waals surface area contributed by atoms with E-state index in [1.54, 1.807) is 0 Å². The lowest BCUT2D eigenvalue weighted by Crippen LogP contribution is -2.32. The van der Waals surface area contributed by atoms with Crippen molar-refractivity contribution >= 4 is 23.0 Å². The summed E-state index contributed by atoms with van der Waals surface area (Å²) in [6.07, 6.45) is 2.23. The minimum absolute atomic E-state index is 0.385. The van der Waals surface area contributed by atoms with Crippen molar-refractivity contribution < 1.29 is 0 Å². The van der Waals surface area contributed by atoms with E-state index in [4.69, 9.17) is 18.0 Å². The highest BCUT2D eigenvalue weighted by Crippen LogP contribution is 2.23. The van der Waals surface area contributed by atoms with Crippen LogP contribution >= 0.6 is 12.2 Å². The van der Waals surface area contributed by atoms with E-state index in [-0.39, 0.29) is 0 Å². The molecule has 0 aromatic carbocycles. The summed E-state index contributed by atoms with van der Waals surface area (Å²) >= 11 is 5.15. The SMILES string of the molecule is CCCC(C)N(C)c1nnc(C)c(C)c1C(N)=S. The van der Waals surface area contributed by atoms with Gasteiger partial charge < -0.3 is 10.6 Å². The lowest BCUT2D eigenvalue weighted by atomic mass is 10.1. The van der Waals surface area contributed by atoms with Crippen molar-refractivity contribution in [1.29, 1.82) is 0 Å². The second kappa shape index (κ2) is 6.09. The predicted octanol–water partition coefficient (Wildman–Crippen LogP) is 2.35. The summed E-state index contributed by atoms with van der Waals surface area (Å²) in [5.74, 6) is 0.784. The molecule has 100 valence electrons. The number of aromatic nitrogens is 2. The zero-order valence-electron chi connectivity index (χ0n) is 11.8. The topological polar surface area (TPSA) is 55.0 Å². The van der Waals surface area contributed by atoms with Gasteiger partial charge in [-0.25, -0.2) is 0 Å². The van der Waals surface area contributed by atoms with Gasteiger partial charge in [0.2, 0.25) is 0 Å². The molecule has 0 radical (unpaired) electrons. The van der Waals surface area contributed by atoms with Crippen LogP contribution < -0.4 is 10.6 Å². The van der Waals surface area contributed by atoms with Crippen LogP contribution in [0.5, 0.6) is 0 Å². The third-order valence-electron chi connectivity index (χ3n) is 3.38. The Kier molecular flexibility index (Phi) is 5.02. The maximum atomic E-state index is 5.83. The number of anilines is 1. The zero-order chi connectivity index (χ0) is 13.9. The number of hydrogen-bond acceptors (Lipinski definition) is 4. The zero-order valence-corrected chi connectivity index (χ0v) is 12.6.